The third-order valence-corrected chi connectivity index (χ3v) is 7.72. The molecule has 3 aliphatic rings. The number of hydrogen-bond acceptors (Lipinski definition) is 5. The number of hydrogen-bond donors (Lipinski definition) is 0. The quantitative estimate of drug-likeness (QED) is 0.511. The van der Waals surface area contributed by atoms with Crippen molar-refractivity contribution in [1.29, 1.82) is 5.26 Å². The van der Waals surface area contributed by atoms with Gasteiger partial charge in [0.1, 0.15) is 11.5 Å². The van der Waals surface area contributed by atoms with Crippen molar-refractivity contribution >= 4 is 33.3 Å². The first-order valence-corrected chi connectivity index (χ1v) is 12.0. The molecule has 2 heterocycles. The van der Waals surface area contributed by atoms with Crippen LogP contribution in [0.4, 0.5) is 0 Å². The summed E-state index contributed by atoms with van der Waals surface area (Å²) in [7, 11) is 0. The Morgan fingerprint density at radius 3 is 2.15 bits per heavy atom. The van der Waals surface area contributed by atoms with Crippen molar-refractivity contribution in [2.45, 2.75) is 38.8 Å². The lowest BCUT2D eigenvalue weighted by atomic mass is 9.63. The molecule has 0 amide bonds. The minimum absolute atomic E-state index is 0.0808. The number of carbonyl (C=O) groups excluding carboxylic acids is 3. The van der Waals surface area contributed by atoms with E-state index in [4.69, 9.17) is 0 Å². The number of rotatable bonds is 2. The molecule has 2 aliphatic heterocycles. The molecule has 170 valence electrons. The van der Waals surface area contributed by atoms with E-state index >= 15 is 0 Å². The lowest BCUT2D eigenvalue weighted by Gasteiger charge is -2.34. The van der Waals surface area contributed by atoms with Gasteiger partial charge in [0.2, 0.25) is 0 Å². The molecule has 0 bridgehead atoms. The first kappa shape index (κ1) is 22.5. The van der Waals surface area contributed by atoms with Gasteiger partial charge in [-0.05, 0) is 23.8 Å². The Morgan fingerprint density at radius 2 is 1.62 bits per heavy atom. The lowest BCUT2D eigenvalue weighted by molar-refractivity contribution is -0.130. The molecule has 3 atom stereocenters. The van der Waals surface area contributed by atoms with Crippen molar-refractivity contribution in [1.82, 2.24) is 4.90 Å². The molecule has 2 aromatic carbocycles. The molecule has 0 saturated carbocycles. The van der Waals surface area contributed by atoms with Gasteiger partial charge < -0.3 is 4.90 Å². The molecule has 5 rings (SSSR count). The van der Waals surface area contributed by atoms with Crippen LogP contribution in [-0.2, 0) is 4.79 Å². The SMILES string of the molecule is CC(C)(C)C(=O)[C@H]1[C@@H](c2ccc(Br)cc2)C2(C(=O)c3ccccc3C2=O)[C@H]2C=CC(C#N)=CN12. The van der Waals surface area contributed by atoms with E-state index in [1.54, 1.807) is 47.5 Å². The standard InChI is InChI=1S/C28H23BrN2O3/c1-27(2,3)26(34)23-22(17-9-11-18(29)12-10-17)28(21-13-8-16(14-30)15-31(21)23)24(32)19-6-4-5-7-20(19)25(28)33/h4-13,15,21-23H,1-3H3/t21-,22-,23-/m1/s1. The summed E-state index contributed by atoms with van der Waals surface area (Å²) in [5, 5.41) is 9.59. The van der Waals surface area contributed by atoms with Gasteiger partial charge in [0.05, 0.1) is 17.7 Å². The van der Waals surface area contributed by atoms with Gasteiger partial charge in [-0.25, -0.2) is 0 Å². The predicted octanol–water partition coefficient (Wildman–Crippen LogP) is 5.24. The van der Waals surface area contributed by atoms with Crippen LogP contribution < -0.4 is 0 Å². The highest BCUT2D eigenvalue weighted by Gasteiger charge is 2.71. The van der Waals surface area contributed by atoms with E-state index in [-0.39, 0.29) is 17.3 Å². The molecule has 34 heavy (non-hydrogen) atoms. The zero-order valence-electron chi connectivity index (χ0n) is 19.1. The van der Waals surface area contributed by atoms with Crippen LogP contribution in [0.5, 0.6) is 0 Å². The number of allylic oxidation sites excluding steroid dienone is 2. The second-order valence-corrected chi connectivity index (χ2v) is 11.0. The van der Waals surface area contributed by atoms with Crippen molar-refractivity contribution in [2.24, 2.45) is 10.8 Å². The monoisotopic (exact) mass is 514 g/mol. The van der Waals surface area contributed by atoms with Gasteiger partial charge >= 0.3 is 0 Å². The van der Waals surface area contributed by atoms with Gasteiger partial charge in [0.15, 0.2) is 17.3 Å². The van der Waals surface area contributed by atoms with E-state index in [1.807, 2.05) is 45.0 Å². The smallest absolute Gasteiger partial charge is 0.180 e. The summed E-state index contributed by atoms with van der Waals surface area (Å²) in [6, 6.07) is 15.0. The van der Waals surface area contributed by atoms with Gasteiger partial charge in [-0.1, -0.05) is 79.2 Å². The van der Waals surface area contributed by atoms with Crippen LogP contribution >= 0.6 is 15.9 Å². The molecule has 1 spiro atoms. The van der Waals surface area contributed by atoms with E-state index < -0.39 is 28.8 Å². The zero-order chi connectivity index (χ0) is 24.4. The number of carbonyl (C=O) groups is 3. The Bertz CT molecular complexity index is 1310. The Balaban J connectivity index is 1.84. The van der Waals surface area contributed by atoms with E-state index in [1.165, 1.54) is 0 Å². The highest BCUT2D eigenvalue weighted by molar-refractivity contribution is 9.10. The highest BCUT2D eigenvalue weighted by Crippen LogP contribution is 2.60. The molecular weight excluding hydrogens is 492 g/mol. The number of nitrogens with zero attached hydrogens (tertiary/aromatic N) is 2. The Morgan fingerprint density at radius 1 is 1.03 bits per heavy atom. The van der Waals surface area contributed by atoms with Gasteiger partial charge in [-0.3, -0.25) is 14.4 Å². The van der Waals surface area contributed by atoms with Gasteiger partial charge in [-0.2, -0.15) is 5.26 Å². The summed E-state index contributed by atoms with van der Waals surface area (Å²) in [5.41, 5.74) is -0.325. The van der Waals surface area contributed by atoms with Gasteiger partial charge in [-0.15, -0.1) is 0 Å². The fourth-order valence-electron chi connectivity index (χ4n) is 5.71. The summed E-state index contributed by atoms with van der Waals surface area (Å²) < 4.78 is 0.860. The number of nitriles is 1. The zero-order valence-corrected chi connectivity index (χ0v) is 20.7. The van der Waals surface area contributed by atoms with Crippen molar-refractivity contribution in [3.8, 4) is 6.07 Å². The number of fused-ring (bicyclic) bond motifs is 3. The maximum absolute atomic E-state index is 14.2. The minimum atomic E-state index is -1.50. The molecule has 1 fully saturated rings. The van der Waals surface area contributed by atoms with Crippen LogP contribution in [0.3, 0.4) is 0 Å². The summed E-state index contributed by atoms with van der Waals surface area (Å²) in [6.07, 6.45) is 5.04. The Hall–Kier alpha value is -3.30. The largest absolute Gasteiger partial charge is 0.358 e. The van der Waals surface area contributed by atoms with Crippen LogP contribution in [0.15, 0.2) is 76.9 Å². The van der Waals surface area contributed by atoms with Crippen molar-refractivity contribution < 1.29 is 14.4 Å². The molecule has 0 unspecified atom stereocenters. The van der Waals surface area contributed by atoms with Crippen LogP contribution in [0.25, 0.3) is 0 Å². The molecule has 1 saturated heterocycles. The van der Waals surface area contributed by atoms with Crippen molar-refractivity contribution in [3.05, 3.63) is 93.6 Å². The van der Waals surface area contributed by atoms with Crippen molar-refractivity contribution in [2.75, 3.05) is 0 Å². The van der Waals surface area contributed by atoms with Crippen LogP contribution in [0, 0.1) is 22.2 Å². The molecular formula is C28H23BrN2O3. The van der Waals surface area contributed by atoms with E-state index in [9.17, 15) is 19.6 Å². The number of benzene rings is 2. The molecule has 0 N–H and O–H groups in total. The Kier molecular flexibility index (Phi) is 5.03. The minimum Gasteiger partial charge on any atom is -0.358 e. The first-order chi connectivity index (χ1) is 16.1. The normalized spacial score (nSPS) is 24.6. The number of halogens is 1. The average Bonchev–Trinajstić information content (AvgIpc) is 3.24. The molecule has 5 nitrogen and oxygen atoms in total. The van der Waals surface area contributed by atoms with E-state index in [0.29, 0.717) is 16.7 Å². The molecule has 1 aliphatic carbocycles. The molecule has 0 aromatic heterocycles. The van der Waals surface area contributed by atoms with Crippen LogP contribution in [0.2, 0.25) is 0 Å². The number of Topliss-reactive ketones (excluding diaryl/α,β-unsaturated/α-hetero) is 3. The highest BCUT2D eigenvalue weighted by atomic mass is 79.9. The molecule has 2 aromatic rings. The van der Waals surface area contributed by atoms with Crippen molar-refractivity contribution in [3.63, 3.8) is 0 Å². The third-order valence-electron chi connectivity index (χ3n) is 7.20. The maximum Gasteiger partial charge on any atom is 0.180 e. The topological polar surface area (TPSA) is 78.2 Å². The maximum atomic E-state index is 14.2. The average molecular weight is 515 g/mol. The second-order valence-electron chi connectivity index (χ2n) is 10.1. The fraction of sp³-hybridized carbons (Fsp3) is 0.286. The van der Waals surface area contributed by atoms with Crippen LogP contribution in [-0.4, -0.2) is 34.3 Å². The predicted molar refractivity (Wildman–Crippen MR) is 131 cm³/mol. The second kappa shape index (κ2) is 7.61. The third kappa shape index (κ3) is 2.93. The van der Waals surface area contributed by atoms with Crippen LogP contribution in [0.1, 0.15) is 53.0 Å². The number of ketones is 3. The van der Waals surface area contributed by atoms with E-state index in [0.717, 1.165) is 10.0 Å². The summed E-state index contributed by atoms with van der Waals surface area (Å²) >= 11 is 3.46. The summed E-state index contributed by atoms with van der Waals surface area (Å²) in [5.74, 6) is -1.33. The van der Waals surface area contributed by atoms with Gasteiger partial charge in [0, 0.05) is 33.1 Å². The summed E-state index contributed by atoms with van der Waals surface area (Å²) in [6.45, 7) is 5.53. The Labute approximate surface area is 206 Å². The summed E-state index contributed by atoms with van der Waals surface area (Å²) in [4.78, 5) is 44.2. The molecule has 0 radical (unpaired) electrons. The van der Waals surface area contributed by atoms with Gasteiger partial charge in [0.25, 0.3) is 0 Å². The lowest BCUT2D eigenvalue weighted by Crippen LogP contribution is -2.47. The van der Waals surface area contributed by atoms with E-state index in [2.05, 4.69) is 22.0 Å². The first-order valence-electron chi connectivity index (χ1n) is 11.2. The molecule has 6 heteroatoms. The fourth-order valence-corrected chi connectivity index (χ4v) is 5.98.